The van der Waals surface area contributed by atoms with Crippen LogP contribution in [-0.2, 0) is 0 Å². The van der Waals surface area contributed by atoms with E-state index in [0.717, 1.165) is 0 Å². The summed E-state index contributed by atoms with van der Waals surface area (Å²) < 4.78 is 0. The number of hydrogen-bond donors (Lipinski definition) is 2. The Labute approximate surface area is 115 Å². The summed E-state index contributed by atoms with van der Waals surface area (Å²) in [5.74, 6) is 0.424. The Balaban J connectivity index is 2.19. The van der Waals surface area contributed by atoms with Crippen molar-refractivity contribution in [3.8, 4) is 0 Å². The molecular weight excluding hydrogens is 234 g/mol. The molecule has 1 unspecified atom stereocenters. The van der Waals surface area contributed by atoms with Gasteiger partial charge in [-0.25, -0.2) is 0 Å². The van der Waals surface area contributed by atoms with Crippen molar-refractivity contribution in [3.05, 3.63) is 48.0 Å². The fourth-order valence-corrected chi connectivity index (χ4v) is 2.35. The predicted octanol–water partition coefficient (Wildman–Crippen LogP) is 3.51. The number of nitrogens with one attached hydrogen (secondary N) is 1. The number of hydrogen-bond acceptors (Lipinski definition) is 2. The third kappa shape index (κ3) is 3.34. The Morgan fingerprint density at radius 3 is 2.32 bits per heavy atom. The van der Waals surface area contributed by atoms with E-state index in [-0.39, 0.29) is 18.7 Å². The summed E-state index contributed by atoms with van der Waals surface area (Å²) in [5.41, 5.74) is 1.26. The highest BCUT2D eigenvalue weighted by atomic mass is 16.3. The van der Waals surface area contributed by atoms with Gasteiger partial charge in [0.1, 0.15) is 0 Å². The molecule has 2 aromatic carbocycles. The van der Waals surface area contributed by atoms with Gasteiger partial charge < -0.3 is 10.4 Å². The van der Waals surface area contributed by atoms with E-state index in [1.165, 1.54) is 16.3 Å². The van der Waals surface area contributed by atoms with E-state index in [4.69, 9.17) is 0 Å². The van der Waals surface area contributed by atoms with Crippen LogP contribution in [-0.4, -0.2) is 17.8 Å². The molecule has 0 saturated carbocycles. The van der Waals surface area contributed by atoms with Gasteiger partial charge in [-0.3, -0.25) is 0 Å². The molecule has 2 nitrogen and oxygen atoms in total. The molecule has 2 atom stereocenters. The summed E-state index contributed by atoms with van der Waals surface area (Å²) in [6, 6.07) is 15.3. The number of aliphatic hydroxyl groups is 1. The Morgan fingerprint density at radius 2 is 1.68 bits per heavy atom. The second-order valence-electron chi connectivity index (χ2n) is 5.53. The average molecular weight is 257 g/mol. The normalized spacial score (nSPS) is 14.8. The Morgan fingerprint density at radius 1 is 1.00 bits per heavy atom. The van der Waals surface area contributed by atoms with E-state index < -0.39 is 0 Å². The fourth-order valence-electron chi connectivity index (χ4n) is 2.35. The summed E-state index contributed by atoms with van der Waals surface area (Å²) in [6.07, 6.45) is 0. The third-order valence-corrected chi connectivity index (χ3v) is 3.74. The first kappa shape index (κ1) is 14.0. The molecule has 102 valence electrons. The van der Waals surface area contributed by atoms with E-state index in [0.29, 0.717) is 5.92 Å². The molecule has 2 rings (SSSR count). The first-order valence-electron chi connectivity index (χ1n) is 6.97. The van der Waals surface area contributed by atoms with Crippen LogP contribution >= 0.6 is 0 Å². The summed E-state index contributed by atoms with van der Waals surface area (Å²) >= 11 is 0. The van der Waals surface area contributed by atoms with Gasteiger partial charge in [0.25, 0.3) is 0 Å². The zero-order chi connectivity index (χ0) is 13.8. The van der Waals surface area contributed by atoms with Gasteiger partial charge in [-0.2, -0.15) is 0 Å². The molecule has 0 saturated heterocycles. The monoisotopic (exact) mass is 257 g/mol. The summed E-state index contributed by atoms with van der Waals surface area (Å²) in [6.45, 7) is 6.58. The smallest absolute Gasteiger partial charge is 0.0587 e. The standard InChI is InChI=1S/C17H23NO/c1-12(2)17(11-19)18-13(3)15-9-8-14-6-4-5-7-16(14)10-15/h4-10,12-13,17-19H,11H2,1-3H3/t13?,17-/m1/s1. The number of benzene rings is 2. The maximum atomic E-state index is 9.40. The van der Waals surface area contributed by atoms with Crippen molar-refractivity contribution >= 4 is 10.8 Å². The van der Waals surface area contributed by atoms with Crippen molar-refractivity contribution in [2.45, 2.75) is 32.9 Å². The molecule has 0 aliphatic rings. The quantitative estimate of drug-likeness (QED) is 0.859. The van der Waals surface area contributed by atoms with E-state index >= 15 is 0 Å². The maximum Gasteiger partial charge on any atom is 0.0587 e. The van der Waals surface area contributed by atoms with Crippen LogP contribution < -0.4 is 5.32 Å². The summed E-state index contributed by atoms with van der Waals surface area (Å²) in [7, 11) is 0. The minimum absolute atomic E-state index is 0.140. The lowest BCUT2D eigenvalue weighted by atomic mass is 9.99. The van der Waals surface area contributed by atoms with Crippen LogP contribution in [0.4, 0.5) is 0 Å². The van der Waals surface area contributed by atoms with Gasteiger partial charge in [-0.15, -0.1) is 0 Å². The van der Waals surface area contributed by atoms with Crippen molar-refractivity contribution in [1.82, 2.24) is 5.32 Å². The molecule has 0 amide bonds. The molecule has 0 spiro atoms. The first-order chi connectivity index (χ1) is 9.11. The van der Waals surface area contributed by atoms with Crippen molar-refractivity contribution in [1.29, 1.82) is 0 Å². The van der Waals surface area contributed by atoms with Gasteiger partial charge in [-0.05, 0) is 35.2 Å². The van der Waals surface area contributed by atoms with Crippen molar-refractivity contribution in [3.63, 3.8) is 0 Å². The van der Waals surface area contributed by atoms with Crippen LogP contribution in [0.2, 0.25) is 0 Å². The van der Waals surface area contributed by atoms with E-state index in [2.05, 4.69) is 68.6 Å². The molecule has 0 heterocycles. The third-order valence-electron chi connectivity index (χ3n) is 3.74. The minimum atomic E-state index is 0.140. The largest absolute Gasteiger partial charge is 0.395 e. The molecule has 19 heavy (non-hydrogen) atoms. The van der Waals surface area contributed by atoms with E-state index in [1.54, 1.807) is 0 Å². The molecule has 0 aromatic heterocycles. The highest BCUT2D eigenvalue weighted by molar-refractivity contribution is 5.83. The maximum absolute atomic E-state index is 9.40. The van der Waals surface area contributed by atoms with Crippen LogP contribution in [0.1, 0.15) is 32.4 Å². The zero-order valence-corrected chi connectivity index (χ0v) is 11.9. The molecule has 0 radical (unpaired) electrons. The molecule has 0 aliphatic carbocycles. The molecule has 0 bridgehead atoms. The van der Waals surface area contributed by atoms with Gasteiger partial charge >= 0.3 is 0 Å². The number of rotatable bonds is 5. The van der Waals surface area contributed by atoms with Crippen molar-refractivity contribution in [2.75, 3.05) is 6.61 Å². The Kier molecular flexibility index (Phi) is 4.56. The number of aliphatic hydroxyl groups excluding tert-OH is 1. The minimum Gasteiger partial charge on any atom is -0.395 e. The first-order valence-corrected chi connectivity index (χ1v) is 6.97. The predicted molar refractivity (Wildman–Crippen MR) is 81.2 cm³/mol. The van der Waals surface area contributed by atoms with Crippen LogP contribution in [0, 0.1) is 5.92 Å². The second-order valence-corrected chi connectivity index (χ2v) is 5.53. The van der Waals surface area contributed by atoms with Gasteiger partial charge in [0.15, 0.2) is 0 Å². The average Bonchev–Trinajstić information content (AvgIpc) is 2.43. The highest BCUT2D eigenvalue weighted by Gasteiger charge is 2.15. The molecule has 2 heteroatoms. The molecule has 0 fully saturated rings. The van der Waals surface area contributed by atoms with E-state index in [9.17, 15) is 5.11 Å². The zero-order valence-electron chi connectivity index (χ0n) is 11.9. The topological polar surface area (TPSA) is 32.3 Å². The van der Waals surface area contributed by atoms with Crippen molar-refractivity contribution < 1.29 is 5.11 Å². The lowest BCUT2D eigenvalue weighted by Crippen LogP contribution is -2.38. The lowest BCUT2D eigenvalue weighted by molar-refractivity contribution is 0.201. The Hall–Kier alpha value is -1.38. The van der Waals surface area contributed by atoms with Gasteiger partial charge in [-0.1, -0.05) is 50.2 Å². The van der Waals surface area contributed by atoms with Crippen LogP contribution in [0.5, 0.6) is 0 Å². The Bertz CT molecular complexity index is 536. The molecule has 2 aromatic rings. The van der Waals surface area contributed by atoms with E-state index in [1.807, 2.05) is 0 Å². The molecular formula is C17H23NO. The van der Waals surface area contributed by atoms with Crippen LogP contribution in [0.3, 0.4) is 0 Å². The van der Waals surface area contributed by atoms with Crippen LogP contribution in [0.15, 0.2) is 42.5 Å². The summed E-state index contributed by atoms with van der Waals surface area (Å²) in [5, 5.41) is 15.4. The second kappa shape index (κ2) is 6.18. The fraction of sp³-hybridized carbons (Fsp3) is 0.412. The highest BCUT2D eigenvalue weighted by Crippen LogP contribution is 2.21. The number of fused-ring (bicyclic) bond motifs is 1. The van der Waals surface area contributed by atoms with Crippen molar-refractivity contribution in [2.24, 2.45) is 5.92 Å². The van der Waals surface area contributed by atoms with Gasteiger partial charge in [0, 0.05) is 12.1 Å². The SMILES string of the molecule is CC(N[C@H](CO)C(C)C)c1ccc2ccccc2c1. The lowest BCUT2D eigenvalue weighted by Gasteiger charge is -2.25. The van der Waals surface area contributed by atoms with Crippen LogP contribution in [0.25, 0.3) is 10.8 Å². The summed E-state index contributed by atoms with van der Waals surface area (Å²) in [4.78, 5) is 0. The van der Waals surface area contributed by atoms with Gasteiger partial charge in [0.2, 0.25) is 0 Å². The molecule has 0 aliphatic heterocycles. The molecule has 2 N–H and O–H groups in total. The van der Waals surface area contributed by atoms with Gasteiger partial charge in [0.05, 0.1) is 6.61 Å².